The minimum Gasteiger partial charge on any atom is -0.490 e. The van der Waals surface area contributed by atoms with Crippen LogP contribution in [0, 0.1) is 10.1 Å². The van der Waals surface area contributed by atoms with E-state index in [4.69, 9.17) is 10.5 Å². The van der Waals surface area contributed by atoms with Crippen LogP contribution >= 0.6 is 0 Å². The molecule has 0 heterocycles. The van der Waals surface area contributed by atoms with Crippen LogP contribution in [0.3, 0.4) is 0 Å². The van der Waals surface area contributed by atoms with Crippen molar-refractivity contribution in [2.45, 2.75) is 37.8 Å². The zero-order chi connectivity index (χ0) is 13.8. The molecule has 0 saturated heterocycles. The fraction of sp³-hybridized carbons (Fsp3) is 0.538. The van der Waals surface area contributed by atoms with Gasteiger partial charge in [0.25, 0.3) is 0 Å². The maximum atomic E-state index is 10.8. The van der Waals surface area contributed by atoms with Crippen LogP contribution in [0.15, 0.2) is 18.2 Å². The molecule has 0 bridgehead atoms. The number of nitrogens with one attached hydrogen (secondary N) is 1. The Kier molecular flexibility index (Phi) is 4.21. The molecule has 19 heavy (non-hydrogen) atoms. The van der Waals surface area contributed by atoms with Crippen molar-refractivity contribution in [3.63, 3.8) is 0 Å². The van der Waals surface area contributed by atoms with Crippen LogP contribution in [0.1, 0.15) is 25.7 Å². The predicted molar refractivity (Wildman–Crippen MR) is 73.5 cm³/mol. The van der Waals surface area contributed by atoms with Gasteiger partial charge in [0.15, 0.2) is 5.75 Å². The molecule has 1 aliphatic carbocycles. The van der Waals surface area contributed by atoms with Crippen molar-refractivity contribution >= 4 is 11.4 Å². The van der Waals surface area contributed by atoms with Gasteiger partial charge < -0.3 is 15.8 Å². The molecule has 0 aromatic heterocycles. The van der Waals surface area contributed by atoms with Crippen LogP contribution in [-0.2, 0) is 0 Å². The van der Waals surface area contributed by atoms with Crippen LogP contribution in [0.5, 0.6) is 5.75 Å². The Morgan fingerprint density at radius 3 is 2.63 bits per heavy atom. The molecule has 0 amide bonds. The molecule has 1 fully saturated rings. The smallest absolute Gasteiger partial charge is 0.311 e. The number of nitrogens with two attached hydrogens (primary N) is 1. The van der Waals surface area contributed by atoms with Crippen molar-refractivity contribution < 1.29 is 9.66 Å². The molecule has 0 spiro atoms. The third-order valence-corrected chi connectivity index (χ3v) is 3.52. The van der Waals surface area contributed by atoms with Gasteiger partial charge in [-0.2, -0.15) is 0 Å². The highest BCUT2D eigenvalue weighted by molar-refractivity contribution is 5.58. The van der Waals surface area contributed by atoms with Crippen molar-refractivity contribution in [3.05, 3.63) is 28.3 Å². The van der Waals surface area contributed by atoms with Crippen LogP contribution < -0.4 is 15.8 Å². The maximum absolute atomic E-state index is 10.8. The second kappa shape index (κ2) is 5.88. The molecular formula is C13H19N3O3. The first kappa shape index (κ1) is 13.6. The van der Waals surface area contributed by atoms with E-state index in [2.05, 4.69) is 5.32 Å². The van der Waals surface area contributed by atoms with Gasteiger partial charge in [0.2, 0.25) is 0 Å². The van der Waals surface area contributed by atoms with Crippen molar-refractivity contribution in [3.8, 4) is 5.75 Å². The van der Waals surface area contributed by atoms with Gasteiger partial charge in [-0.1, -0.05) is 0 Å². The van der Waals surface area contributed by atoms with Crippen molar-refractivity contribution in [1.82, 2.24) is 0 Å². The Labute approximate surface area is 112 Å². The van der Waals surface area contributed by atoms with Crippen molar-refractivity contribution in [2.24, 2.45) is 5.73 Å². The van der Waals surface area contributed by atoms with Crippen LogP contribution in [0.2, 0.25) is 0 Å². The van der Waals surface area contributed by atoms with Gasteiger partial charge in [0.05, 0.1) is 12.0 Å². The van der Waals surface area contributed by atoms with Gasteiger partial charge in [-0.15, -0.1) is 0 Å². The fourth-order valence-corrected chi connectivity index (χ4v) is 2.42. The number of nitro benzene ring substituents is 1. The summed E-state index contributed by atoms with van der Waals surface area (Å²) in [6.45, 7) is 0. The molecule has 0 atom stereocenters. The van der Waals surface area contributed by atoms with Gasteiger partial charge in [-0.3, -0.25) is 10.1 Å². The number of methoxy groups -OCH3 is 1. The molecule has 0 unspecified atom stereocenters. The highest BCUT2D eigenvalue weighted by Crippen LogP contribution is 2.31. The molecule has 0 aliphatic heterocycles. The normalized spacial score (nSPS) is 22.8. The summed E-state index contributed by atoms with van der Waals surface area (Å²) in [6, 6.07) is 5.55. The molecule has 1 aliphatic rings. The Morgan fingerprint density at radius 1 is 1.37 bits per heavy atom. The Bertz CT molecular complexity index is 456. The predicted octanol–water partition coefficient (Wildman–Crippen LogP) is 2.29. The lowest BCUT2D eigenvalue weighted by atomic mass is 9.91. The average Bonchev–Trinajstić information content (AvgIpc) is 2.41. The number of benzene rings is 1. The van der Waals surface area contributed by atoms with Gasteiger partial charge in [-0.25, -0.2) is 0 Å². The quantitative estimate of drug-likeness (QED) is 0.644. The number of hydrogen-bond donors (Lipinski definition) is 2. The highest BCUT2D eigenvalue weighted by atomic mass is 16.6. The van der Waals surface area contributed by atoms with Crippen LogP contribution in [-0.4, -0.2) is 24.1 Å². The SMILES string of the molecule is COc1cc(NC2CCC(N)CC2)ccc1[N+](=O)[O-]. The van der Waals surface area contributed by atoms with Crippen molar-refractivity contribution in [2.75, 3.05) is 12.4 Å². The number of anilines is 1. The summed E-state index contributed by atoms with van der Waals surface area (Å²) in [4.78, 5) is 10.4. The largest absolute Gasteiger partial charge is 0.490 e. The van der Waals surface area contributed by atoms with E-state index < -0.39 is 4.92 Å². The van der Waals surface area contributed by atoms with Gasteiger partial charge in [0, 0.05) is 29.9 Å². The molecule has 104 valence electrons. The average molecular weight is 265 g/mol. The molecule has 0 radical (unpaired) electrons. The molecule has 1 aromatic rings. The molecular weight excluding hydrogens is 246 g/mol. The molecule has 2 rings (SSSR count). The second-order valence-corrected chi connectivity index (χ2v) is 4.90. The lowest BCUT2D eigenvalue weighted by molar-refractivity contribution is -0.385. The van der Waals surface area contributed by atoms with E-state index in [1.54, 1.807) is 12.1 Å². The summed E-state index contributed by atoms with van der Waals surface area (Å²) in [5, 5.41) is 14.2. The third kappa shape index (κ3) is 3.35. The summed E-state index contributed by atoms with van der Waals surface area (Å²) in [6.07, 6.45) is 4.09. The first-order chi connectivity index (χ1) is 9.10. The summed E-state index contributed by atoms with van der Waals surface area (Å²) in [5.74, 6) is 0.280. The lowest BCUT2D eigenvalue weighted by Crippen LogP contribution is -2.32. The standard InChI is InChI=1S/C13H19N3O3/c1-19-13-8-11(6-7-12(13)16(17)18)15-10-4-2-9(14)3-5-10/h6-10,15H,2-5,14H2,1H3. The number of rotatable bonds is 4. The minimum absolute atomic E-state index is 0.0151. The summed E-state index contributed by atoms with van der Waals surface area (Å²) in [5.41, 5.74) is 6.70. The summed E-state index contributed by atoms with van der Waals surface area (Å²) in [7, 11) is 1.44. The second-order valence-electron chi connectivity index (χ2n) is 4.90. The van der Waals surface area contributed by atoms with E-state index in [9.17, 15) is 10.1 Å². The number of nitro groups is 1. The molecule has 1 saturated carbocycles. The third-order valence-electron chi connectivity index (χ3n) is 3.52. The van der Waals surface area contributed by atoms with E-state index in [-0.39, 0.29) is 11.4 Å². The van der Waals surface area contributed by atoms with Gasteiger partial charge >= 0.3 is 5.69 Å². The fourth-order valence-electron chi connectivity index (χ4n) is 2.42. The Balaban J connectivity index is 2.07. The highest BCUT2D eigenvalue weighted by Gasteiger charge is 2.20. The lowest BCUT2D eigenvalue weighted by Gasteiger charge is -2.27. The summed E-state index contributed by atoms with van der Waals surface area (Å²) < 4.78 is 5.05. The van der Waals surface area contributed by atoms with E-state index >= 15 is 0 Å². The number of ether oxygens (including phenoxy) is 1. The number of hydrogen-bond acceptors (Lipinski definition) is 5. The van der Waals surface area contributed by atoms with Crippen molar-refractivity contribution in [1.29, 1.82) is 0 Å². The van der Waals surface area contributed by atoms with E-state index in [0.29, 0.717) is 12.1 Å². The Hall–Kier alpha value is -1.82. The maximum Gasteiger partial charge on any atom is 0.311 e. The van der Waals surface area contributed by atoms with Crippen LogP contribution in [0.4, 0.5) is 11.4 Å². The van der Waals surface area contributed by atoms with E-state index in [1.165, 1.54) is 13.2 Å². The zero-order valence-electron chi connectivity index (χ0n) is 11.0. The zero-order valence-corrected chi connectivity index (χ0v) is 11.0. The number of nitrogens with zero attached hydrogens (tertiary/aromatic N) is 1. The monoisotopic (exact) mass is 265 g/mol. The van der Waals surface area contributed by atoms with Gasteiger partial charge in [-0.05, 0) is 31.7 Å². The molecule has 6 nitrogen and oxygen atoms in total. The van der Waals surface area contributed by atoms with E-state index in [0.717, 1.165) is 31.4 Å². The summed E-state index contributed by atoms with van der Waals surface area (Å²) >= 11 is 0. The van der Waals surface area contributed by atoms with Crippen LogP contribution in [0.25, 0.3) is 0 Å². The Morgan fingerprint density at radius 2 is 2.05 bits per heavy atom. The van der Waals surface area contributed by atoms with Gasteiger partial charge in [0.1, 0.15) is 0 Å². The first-order valence-electron chi connectivity index (χ1n) is 6.44. The topological polar surface area (TPSA) is 90.4 Å². The van der Waals surface area contributed by atoms with E-state index in [1.807, 2.05) is 0 Å². The molecule has 6 heteroatoms. The minimum atomic E-state index is -0.442. The molecule has 1 aromatic carbocycles. The molecule has 3 N–H and O–H groups in total. The first-order valence-corrected chi connectivity index (χ1v) is 6.44.